The Morgan fingerprint density at radius 1 is 1.13 bits per heavy atom. The van der Waals surface area contributed by atoms with Crippen LogP contribution < -0.4 is 10.6 Å². The van der Waals surface area contributed by atoms with Crippen LogP contribution in [0.1, 0.15) is 39.7 Å². The summed E-state index contributed by atoms with van der Waals surface area (Å²) in [6.07, 6.45) is 1.30. The summed E-state index contributed by atoms with van der Waals surface area (Å²) in [7, 11) is 0. The number of piperidine rings is 1. The van der Waals surface area contributed by atoms with E-state index in [1.54, 1.807) is 0 Å². The van der Waals surface area contributed by atoms with Gasteiger partial charge in [0.05, 0.1) is 0 Å². The molecule has 1 aliphatic rings. The fraction of sp³-hybridized carbons (Fsp3) is 0.632. The highest BCUT2D eigenvalue weighted by Crippen LogP contribution is 2.26. The smallest absolute Gasteiger partial charge is 0.315 e. The first-order valence-corrected chi connectivity index (χ1v) is 8.67. The molecule has 2 unspecified atom stereocenters. The maximum atomic E-state index is 12.0. The van der Waals surface area contributed by atoms with Gasteiger partial charge in [-0.05, 0) is 37.7 Å². The first kappa shape index (κ1) is 17.8. The van der Waals surface area contributed by atoms with Crippen LogP contribution in [0.4, 0.5) is 4.79 Å². The molecule has 4 nitrogen and oxygen atoms in total. The van der Waals surface area contributed by atoms with E-state index < -0.39 is 0 Å². The van der Waals surface area contributed by atoms with Crippen LogP contribution in [0.5, 0.6) is 0 Å². The van der Waals surface area contributed by atoms with Crippen LogP contribution >= 0.6 is 0 Å². The predicted molar refractivity (Wildman–Crippen MR) is 95.3 cm³/mol. The first-order chi connectivity index (χ1) is 10.9. The molecular weight excluding hydrogens is 286 g/mol. The SMILES string of the molecule is CC1CC(C)CN(C(C)(C)CNC(=O)NCc2ccccc2)C1. The van der Waals surface area contributed by atoms with E-state index in [0.717, 1.165) is 30.5 Å². The summed E-state index contributed by atoms with van der Waals surface area (Å²) < 4.78 is 0. The van der Waals surface area contributed by atoms with Crippen molar-refractivity contribution in [3.8, 4) is 0 Å². The van der Waals surface area contributed by atoms with Crippen molar-refractivity contribution in [2.24, 2.45) is 11.8 Å². The van der Waals surface area contributed by atoms with Crippen molar-refractivity contribution >= 4 is 6.03 Å². The molecule has 0 saturated carbocycles. The Bertz CT molecular complexity index is 491. The fourth-order valence-corrected chi connectivity index (χ4v) is 3.41. The molecule has 2 rings (SSSR count). The molecule has 0 bridgehead atoms. The highest BCUT2D eigenvalue weighted by molar-refractivity contribution is 5.73. The number of nitrogens with one attached hydrogen (secondary N) is 2. The number of hydrogen-bond acceptors (Lipinski definition) is 2. The van der Waals surface area contributed by atoms with E-state index in [1.807, 2.05) is 30.3 Å². The number of likely N-dealkylation sites (tertiary alicyclic amines) is 1. The van der Waals surface area contributed by atoms with E-state index in [9.17, 15) is 4.79 Å². The van der Waals surface area contributed by atoms with E-state index in [-0.39, 0.29) is 11.6 Å². The van der Waals surface area contributed by atoms with Gasteiger partial charge in [-0.15, -0.1) is 0 Å². The minimum absolute atomic E-state index is 0.0208. The fourth-order valence-electron chi connectivity index (χ4n) is 3.41. The lowest BCUT2D eigenvalue weighted by molar-refractivity contribution is 0.0472. The lowest BCUT2D eigenvalue weighted by Gasteiger charge is -2.45. The normalized spacial score (nSPS) is 22.6. The molecule has 2 atom stereocenters. The number of rotatable bonds is 5. The molecule has 2 amide bonds. The van der Waals surface area contributed by atoms with Crippen LogP contribution in [-0.4, -0.2) is 36.1 Å². The van der Waals surface area contributed by atoms with Crippen molar-refractivity contribution in [3.05, 3.63) is 35.9 Å². The van der Waals surface area contributed by atoms with Crippen LogP contribution in [-0.2, 0) is 6.54 Å². The topological polar surface area (TPSA) is 44.4 Å². The summed E-state index contributed by atoms with van der Waals surface area (Å²) in [5.74, 6) is 1.45. The summed E-state index contributed by atoms with van der Waals surface area (Å²) in [6, 6.07) is 9.88. The molecule has 2 N–H and O–H groups in total. The van der Waals surface area contributed by atoms with Crippen molar-refractivity contribution in [3.63, 3.8) is 0 Å². The summed E-state index contributed by atoms with van der Waals surface area (Å²) >= 11 is 0. The molecule has 1 aromatic rings. The average molecular weight is 317 g/mol. The molecule has 4 heteroatoms. The van der Waals surface area contributed by atoms with Crippen LogP contribution in [0.2, 0.25) is 0 Å². The Kier molecular flexibility index (Phi) is 6.05. The molecule has 1 fully saturated rings. The maximum Gasteiger partial charge on any atom is 0.315 e. The second-order valence-corrected chi connectivity index (χ2v) is 7.69. The third-order valence-corrected chi connectivity index (χ3v) is 4.70. The molecule has 1 heterocycles. The second-order valence-electron chi connectivity index (χ2n) is 7.69. The monoisotopic (exact) mass is 317 g/mol. The predicted octanol–water partition coefficient (Wildman–Crippen LogP) is 3.24. The molecule has 0 aliphatic carbocycles. The number of benzene rings is 1. The van der Waals surface area contributed by atoms with Crippen LogP contribution in [0.3, 0.4) is 0 Å². The Morgan fingerprint density at radius 2 is 1.74 bits per heavy atom. The molecule has 0 spiro atoms. The van der Waals surface area contributed by atoms with E-state index in [4.69, 9.17) is 0 Å². The van der Waals surface area contributed by atoms with Crippen molar-refractivity contribution in [1.29, 1.82) is 0 Å². The standard InChI is InChI=1S/C19H31N3O/c1-15-10-16(2)13-22(12-15)19(3,4)14-21-18(23)20-11-17-8-6-5-7-9-17/h5-9,15-16H,10-14H2,1-4H3,(H2,20,21,23). The summed E-state index contributed by atoms with van der Waals surface area (Å²) in [5.41, 5.74) is 1.09. The molecule has 1 saturated heterocycles. The summed E-state index contributed by atoms with van der Waals surface area (Å²) in [5, 5.41) is 5.95. The van der Waals surface area contributed by atoms with Crippen molar-refractivity contribution in [2.45, 2.75) is 46.2 Å². The highest BCUT2D eigenvalue weighted by atomic mass is 16.2. The van der Waals surface area contributed by atoms with Gasteiger partial charge in [0, 0.05) is 31.7 Å². The molecule has 1 aromatic carbocycles. The molecule has 23 heavy (non-hydrogen) atoms. The minimum atomic E-state index is -0.0972. The number of urea groups is 1. The minimum Gasteiger partial charge on any atom is -0.336 e. The lowest BCUT2D eigenvalue weighted by Crippen LogP contribution is -2.56. The molecule has 0 radical (unpaired) electrons. The number of hydrogen-bond donors (Lipinski definition) is 2. The largest absolute Gasteiger partial charge is 0.336 e. The number of nitrogens with zero attached hydrogens (tertiary/aromatic N) is 1. The van der Waals surface area contributed by atoms with Gasteiger partial charge in [0.25, 0.3) is 0 Å². The van der Waals surface area contributed by atoms with Gasteiger partial charge in [0.2, 0.25) is 0 Å². The summed E-state index contributed by atoms with van der Waals surface area (Å²) in [4.78, 5) is 14.6. The van der Waals surface area contributed by atoms with E-state index >= 15 is 0 Å². The van der Waals surface area contributed by atoms with Gasteiger partial charge < -0.3 is 10.6 Å². The zero-order chi connectivity index (χ0) is 16.9. The maximum absolute atomic E-state index is 12.0. The van der Waals surface area contributed by atoms with Crippen LogP contribution in [0.25, 0.3) is 0 Å². The molecule has 128 valence electrons. The zero-order valence-corrected chi connectivity index (χ0v) is 14.9. The number of amides is 2. The van der Waals surface area contributed by atoms with Crippen LogP contribution in [0.15, 0.2) is 30.3 Å². The highest BCUT2D eigenvalue weighted by Gasteiger charge is 2.32. The number of carbonyl (C=O) groups excluding carboxylic acids is 1. The Morgan fingerprint density at radius 3 is 2.35 bits per heavy atom. The summed E-state index contributed by atoms with van der Waals surface area (Å²) in [6.45, 7) is 12.5. The number of carbonyl (C=O) groups is 1. The second kappa shape index (κ2) is 7.82. The van der Waals surface area contributed by atoms with Gasteiger partial charge in [0.1, 0.15) is 0 Å². The van der Waals surface area contributed by atoms with Gasteiger partial charge in [-0.3, -0.25) is 4.90 Å². The quantitative estimate of drug-likeness (QED) is 0.875. The van der Waals surface area contributed by atoms with E-state index in [0.29, 0.717) is 13.1 Å². The van der Waals surface area contributed by atoms with Gasteiger partial charge in [-0.25, -0.2) is 4.79 Å². The molecular formula is C19H31N3O. The molecule has 0 aromatic heterocycles. The van der Waals surface area contributed by atoms with Crippen molar-refractivity contribution in [1.82, 2.24) is 15.5 Å². The van der Waals surface area contributed by atoms with E-state index in [1.165, 1.54) is 6.42 Å². The van der Waals surface area contributed by atoms with Gasteiger partial charge in [-0.2, -0.15) is 0 Å². The van der Waals surface area contributed by atoms with Crippen LogP contribution in [0, 0.1) is 11.8 Å². The van der Waals surface area contributed by atoms with Gasteiger partial charge in [-0.1, -0.05) is 44.2 Å². The van der Waals surface area contributed by atoms with Gasteiger partial charge >= 0.3 is 6.03 Å². The lowest BCUT2D eigenvalue weighted by atomic mass is 9.88. The van der Waals surface area contributed by atoms with Crippen molar-refractivity contribution in [2.75, 3.05) is 19.6 Å². The zero-order valence-electron chi connectivity index (χ0n) is 14.9. The molecule has 1 aliphatic heterocycles. The van der Waals surface area contributed by atoms with Gasteiger partial charge in [0.15, 0.2) is 0 Å². The Labute approximate surface area is 140 Å². The third kappa shape index (κ3) is 5.54. The first-order valence-electron chi connectivity index (χ1n) is 8.67. The Hall–Kier alpha value is -1.55. The third-order valence-electron chi connectivity index (χ3n) is 4.70. The van der Waals surface area contributed by atoms with E-state index in [2.05, 4.69) is 43.2 Å². The van der Waals surface area contributed by atoms with Crippen molar-refractivity contribution < 1.29 is 4.79 Å². The average Bonchev–Trinajstić information content (AvgIpc) is 2.51. The Balaban J connectivity index is 1.78.